The number of thiophene rings is 1. The zero-order valence-corrected chi connectivity index (χ0v) is 17.5. The summed E-state index contributed by atoms with van der Waals surface area (Å²) in [5.74, 6) is -0.574. The molecule has 148 valence electrons. The van der Waals surface area contributed by atoms with Gasteiger partial charge in [-0.1, -0.05) is 47.5 Å². The number of rotatable bonds is 5. The Morgan fingerprint density at radius 3 is 2.52 bits per heavy atom. The molecule has 1 aliphatic rings. The van der Waals surface area contributed by atoms with E-state index >= 15 is 0 Å². The normalized spacial score (nSPS) is 18.8. The average molecular weight is 425 g/mol. The molecule has 1 saturated heterocycles. The molecule has 0 bridgehead atoms. The summed E-state index contributed by atoms with van der Waals surface area (Å²) in [7, 11) is 0. The number of amides is 2. The molecule has 2 atom stereocenters. The van der Waals surface area contributed by atoms with Gasteiger partial charge < -0.3 is 10.2 Å². The van der Waals surface area contributed by atoms with Crippen molar-refractivity contribution >= 4 is 40.4 Å². The third-order valence-corrected chi connectivity index (χ3v) is 6.38. The van der Waals surface area contributed by atoms with Crippen molar-refractivity contribution in [2.45, 2.75) is 25.9 Å². The Bertz CT molecular complexity index is 1000. The molecular formula is C23H21ClN2O2S. The monoisotopic (exact) mass is 424 g/mol. The van der Waals surface area contributed by atoms with Gasteiger partial charge >= 0.3 is 0 Å². The van der Waals surface area contributed by atoms with E-state index in [2.05, 4.69) is 5.32 Å². The molecule has 1 N–H and O–H groups in total. The maximum atomic E-state index is 13.1. The van der Waals surface area contributed by atoms with Crippen molar-refractivity contribution in [3.05, 3.63) is 87.1 Å². The van der Waals surface area contributed by atoms with Crippen LogP contribution >= 0.6 is 22.9 Å². The van der Waals surface area contributed by atoms with Crippen LogP contribution in [0.15, 0.2) is 66.0 Å². The van der Waals surface area contributed by atoms with Crippen molar-refractivity contribution in [2.75, 3.05) is 4.90 Å². The van der Waals surface area contributed by atoms with E-state index in [0.29, 0.717) is 11.6 Å². The second-order valence-corrected chi connectivity index (χ2v) is 8.63. The molecule has 0 saturated carbocycles. The van der Waals surface area contributed by atoms with Crippen LogP contribution in [0.2, 0.25) is 5.02 Å². The van der Waals surface area contributed by atoms with Crippen molar-refractivity contribution in [2.24, 2.45) is 5.92 Å². The largest absolute Gasteiger partial charge is 0.352 e. The second-order valence-electron chi connectivity index (χ2n) is 7.21. The first-order valence-corrected chi connectivity index (χ1v) is 10.7. The van der Waals surface area contributed by atoms with Crippen LogP contribution in [0.5, 0.6) is 0 Å². The second kappa shape index (κ2) is 8.39. The minimum absolute atomic E-state index is 0.0288. The molecule has 1 aliphatic heterocycles. The Labute approximate surface area is 179 Å². The van der Waals surface area contributed by atoms with Crippen LogP contribution in [0.25, 0.3) is 0 Å². The van der Waals surface area contributed by atoms with Gasteiger partial charge in [0, 0.05) is 28.6 Å². The fourth-order valence-electron chi connectivity index (χ4n) is 3.69. The van der Waals surface area contributed by atoms with Gasteiger partial charge in [0.15, 0.2) is 0 Å². The number of halogens is 1. The SMILES string of the molecule is Cc1ccc(N2C(=O)C[C@H](C(=O)NCc3ccc(Cl)cc3)[C@@H]2c2cccs2)cc1. The van der Waals surface area contributed by atoms with Crippen molar-refractivity contribution < 1.29 is 9.59 Å². The highest BCUT2D eigenvalue weighted by Crippen LogP contribution is 2.43. The van der Waals surface area contributed by atoms with Gasteiger partial charge in [-0.2, -0.15) is 0 Å². The van der Waals surface area contributed by atoms with Crippen LogP contribution in [0.1, 0.15) is 28.5 Å². The third-order valence-electron chi connectivity index (χ3n) is 5.19. The Kier molecular flexibility index (Phi) is 5.69. The van der Waals surface area contributed by atoms with E-state index in [0.717, 1.165) is 21.7 Å². The van der Waals surface area contributed by atoms with E-state index in [9.17, 15) is 9.59 Å². The van der Waals surface area contributed by atoms with Crippen molar-refractivity contribution in [3.63, 3.8) is 0 Å². The molecule has 29 heavy (non-hydrogen) atoms. The predicted molar refractivity (Wildman–Crippen MR) is 117 cm³/mol. The first-order chi connectivity index (χ1) is 14.0. The average Bonchev–Trinajstić information content (AvgIpc) is 3.36. The van der Waals surface area contributed by atoms with Gasteiger partial charge in [0.05, 0.1) is 12.0 Å². The summed E-state index contributed by atoms with van der Waals surface area (Å²) in [6.45, 7) is 2.42. The number of nitrogens with zero attached hydrogens (tertiary/aromatic N) is 1. The summed E-state index contributed by atoms with van der Waals surface area (Å²) in [6.07, 6.45) is 0.197. The molecule has 3 aromatic rings. The van der Waals surface area contributed by atoms with Crippen molar-refractivity contribution in [1.82, 2.24) is 5.32 Å². The summed E-state index contributed by atoms with van der Waals surface area (Å²) in [5, 5.41) is 5.64. The minimum Gasteiger partial charge on any atom is -0.352 e. The lowest BCUT2D eigenvalue weighted by atomic mass is 9.97. The molecule has 2 amide bonds. The van der Waals surface area contributed by atoms with Crippen LogP contribution < -0.4 is 10.2 Å². The Morgan fingerprint density at radius 1 is 1.14 bits per heavy atom. The Balaban J connectivity index is 1.58. The lowest BCUT2D eigenvalue weighted by molar-refractivity contribution is -0.126. The number of hydrogen-bond acceptors (Lipinski definition) is 3. The number of carbonyl (C=O) groups is 2. The fraction of sp³-hybridized carbons (Fsp3) is 0.217. The Morgan fingerprint density at radius 2 is 1.86 bits per heavy atom. The summed E-state index contributed by atoms with van der Waals surface area (Å²) < 4.78 is 0. The van der Waals surface area contributed by atoms with Gasteiger partial charge in [-0.05, 0) is 48.2 Å². The molecule has 0 spiro atoms. The molecule has 6 heteroatoms. The molecule has 0 unspecified atom stereocenters. The first-order valence-electron chi connectivity index (χ1n) is 9.47. The molecule has 4 rings (SSSR count). The molecule has 1 aromatic heterocycles. The van der Waals surface area contributed by atoms with E-state index in [1.807, 2.05) is 60.8 Å². The van der Waals surface area contributed by atoms with Crippen molar-refractivity contribution in [1.29, 1.82) is 0 Å². The zero-order valence-electron chi connectivity index (χ0n) is 16.0. The molecule has 0 radical (unpaired) electrons. The van der Waals surface area contributed by atoms with E-state index < -0.39 is 5.92 Å². The van der Waals surface area contributed by atoms with E-state index in [1.165, 1.54) is 0 Å². The van der Waals surface area contributed by atoms with E-state index in [4.69, 9.17) is 11.6 Å². The van der Waals surface area contributed by atoms with Gasteiger partial charge in [0.25, 0.3) is 0 Å². The molecule has 0 aliphatic carbocycles. The van der Waals surface area contributed by atoms with Crippen LogP contribution in [0, 0.1) is 12.8 Å². The van der Waals surface area contributed by atoms with E-state index in [1.54, 1.807) is 28.4 Å². The van der Waals surface area contributed by atoms with Gasteiger partial charge in [-0.25, -0.2) is 0 Å². The lowest BCUT2D eigenvalue weighted by Gasteiger charge is -2.27. The highest BCUT2D eigenvalue weighted by molar-refractivity contribution is 7.10. The highest BCUT2D eigenvalue weighted by atomic mass is 35.5. The predicted octanol–water partition coefficient (Wildman–Crippen LogP) is 5.12. The number of nitrogens with one attached hydrogen (secondary N) is 1. The van der Waals surface area contributed by atoms with Gasteiger partial charge in [0.1, 0.15) is 0 Å². The maximum absolute atomic E-state index is 13.1. The van der Waals surface area contributed by atoms with Crippen LogP contribution in [-0.4, -0.2) is 11.8 Å². The minimum atomic E-state index is -0.435. The summed E-state index contributed by atoms with van der Waals surface area (Å²) >= 11 is 7.50. The summed E-state index contributed by atoms with van der Waals surface area (Å²) in [6, 6.07) is 18.9. The van der Waals surface area contributed by atoms with Crippen LogP contribution in [0.3, 0.4) is 0 Å². The molecule has 1 fully saturated rings. The standard InChI is InChI=1S/C23H21ClN2O2S/c1-15-4-10-18(11-5-15)26-21(27)13-19(22(26)20-3-2-12-29-20)23(28)25-14-16-6-8-17(24)9-7-16/h2-12,19,22H,13-14H2,1H3,(H,25,28)/t19-,22+/m0/s1. The van der Waals surface area contributed by atoms with Crippen molar-refractivity contribution in [3.8, 4) is 0 Å². The van der Waals surface area contributed by atoms with Gasteiger partial charge in [0.2, 0.25) is 11.8 Å². The number of aryl methyl sites for hydroxylation is 1. The molecule has 2 aromatic carbocycles. The van der Waals surface area contributed by atoms with E-state index in [-0.39, 0.29) is 24.3 Å². The first kappa shape index (κ1) is 19.7. The third kappa shape index (κ3) is 4.21. The number of anilines is 1. The fourth-order valence-corrected chi connectivity index (χ4v) is 4.69. The smallest absolute Gasteiger partial charge is 0.228 e. The van der Waals surface area contributed by atoms with Crippen LogP contribution in [-0.2, 0) is 16.1 Å². The summed E-state index contributed by atoms with van der Waals surface area (Å²) in [5.41, 5.74) is 2.92. The molecule has 4 nitrogen and oxygen atoms in total. The highest BCUT2D eigenvalue weighted by Gasteiger charge is 2.45. The molecule has 2 heterocycles. The maximum Gasteiger partial charge on any atom is 0.228 e. The lowest BCUT2D eigenvalue weighted by Crippen LogP contribution is -2.35. The number of benzene rings is 2. The van der Waals surface area contributed by atoms with Gasteiger partial charge in [-0.15, -0.1) is 11.3 Å². The topological polar surface area (TPSA) is 49.4 Å². The number of carbonyl (C=O) groups excluding carboxylic acids is 2. The summed E-state index contributed by atoms with van der Waals surface area (Å²) in [4.78, 5) is 28.8. The van der Waals surface area contributed by atoms with Crippen LogP contribution in [0.4, 0.5) is 5.69 Å². The quantitative estimate of drug-likeness (QED) is 0.617. The van der Waals surface area contributed by atoms with Gasteiger partial charge in [-0.3, -0.25) is 9.59 Å². The molecular weight excluding hydrogens is 404 g/mol. The number of hydrogen-bond donors (Lipinski definition) is 1. The zero-order chi connectivity index (χ0) is 20.4. The Hall–Kier alpha value is -2.63.